The van der Waals surface area contributed by atoms with Crippen molar-refractivity contribution in [1.82, 2.24) is 0 Å². The first-order chi connectivity index (χ1) is 19.3. The second-order valence-electron chi connectivity index (χ2n) is 10.6. The lowest BCUT2D eigenvalue weighted by Crippen LogP contribution is -2.39. The van der Waals surface area contributed by atoms with Gasteiger partial charge in [-0.3, -0.25) is 24.1 Å². The Labute approximate surface area is 242 Å². The van der Waals surface area contributed by atoms with Crippen molar-refractivity contribution in [3.05, 3.63) is 105 Å². The number of carbonyl (C=O) groups is 4. The van der Waals surface area contributed by atoms with Crippen LogP contribution >= 0.6 is 27.5 Å². The van der Waals surface area contributed by atoms with Crippen molar-refractivity contribution in [2.24, 2.45) is 17.8 Å². The Morgan fingerprint density at radius 2 is 1.60 bits per heavy atom. The fourth-order valence-electron chi connectivity index (χ4n) is 6.96. The number of carbonyl (C=O) groups excluding carboxylic acids is 4. The Morgan fingerprint density at radius 3 is 2.35 bits per heavy atom. The number of rotatable bonds is 2. The van der Waals surface area contributed by atoms with Gasteiger partial charge in [0.15, 0.2) is 11.6 Å². The fourth-order valence-corrected chi connectivity index (χ4v) is 7.54. The van der Waals surface area contributed by atoms with Crippen LogP contribution in [0.2, 0.25) is 5.02 Å². The lowest BCUT2D eigenvalue weighted by molar-refractivity contribution is -0.123. The number of halogens is 2. The number of anilines is 1. The number of imide groups is 1. The van der Waals surface area contributed by atoms with Gasteiger partial charge in [0.2, 0.25) is 11.8 Å². The topological polar surface area (TPSA) is 91.8 Å². The van der Waals surface area contributed by atoms with Crippen LogP contribution in [-0.4, -0.2) is 28.5 Å². The number of ketones is 2. The Morgan fingerprint density at radius 1 is 0.875 bits per heavy atom. The molecule has 1 saturated heterocycles. The van der Waals surface area contributed by atoms with Gasteiger partial charge in [0.25, 0.3) is 0 Å². The molecular formula is C32H21BrClNO5. The zero-order valence-corrected chi connectivity index (χ0v) is 23.3. The van der Waals surface area contributed by atoms with Crippen molar-refractivity contribution in [2.75, 3.05) is 4.90 Å². The van der Waals surface area contributed by atoms with E-state index in [1.54, 1.807) is 36.4 Å². The maximum absolute atomic E-state index is 14.0. The third kappa shape index (κ3) is 3.54. The number of allylic oxidation sites excluding steroid dienone is 6. The second-order valence-corrected chi connectivity index (χ2v) is 11.9. The number of aromatic hydroxyl groups is 1. The fraction of sp³-hybridized carbons (Fsp3) is 0.188. The van der Waals surface area contributed by atoms with E-state index in [9.17, 15) is 24.3 Å². The normalized spacial score (nSPS) is 26.0. The second kappa shape index (κ2) is 9.11. The van der Waals surface area contributed by atoms with Crippen LogP contribution in [0.25, 0.3) is 10.8 Å². The predicted octanol–water partition coefficient (Wildman–Crippen LogP) is 6.17. The molecule has 0 spiro atoms. The third-order valence-electron chi connectivity index (χ3n) is 8.66. The number of hydrogen-bond donors (Lipinski definition) is 1. The van der Waals surface area contributed by atoms with Gasteiger partial charge in [-0.05, 0) is 76.0 Å². The maximum atomic E-state index is 14.0. The minimum Gasteiger partial charge on any atom is -0.507 e. The van der Waals surface area contributed by atoms with Crippen LogP contribution in [0, 0.1) is 17.8 Å². The van der Waals surface area contributed by atoms with Crippen LogP contribution < -0.4 is 4.90 Å². The van der Waals surface area contributed by atoms with Gasteiger partial charge in [-0.2, -0.15) is 0 Å². The molecule has 4 atom stereocenters. The Kier molecular flexibility index (Phi) is 5.74. The van der Waals surface area contributed by atoms with Crippen molar-refractivity contribution < 1.29 is 24.3 Å². The van der Waals surface area contributed by atoms with Crippen molar-refractivity contribution in [2.45, 2.75) is 18.8 Å². The van der Waals surface area contributed by atoms with Crippen LogP contribution in [0.4, 0.5) is 5.69 Å². The summed E-state index contributed by atoms with van der Waals surface area (Å²) in [4.78, 5) is 55.8. The third-order valence-corrected chi connectivity index (χ3v) is 9.50. The molecule has 0 aromatic heterocycles. The molecular weight excluding hydrogens is 594 g/mol. The van der Waals surface area contributed by atoms with Crippen LogP contribution in [0.3, 0.4) is 0 Å². The lowest BCUT2D eigenvalue weighted by atomic mass is 9.59. The van der Waals surface area contributed by atoms with E-state index in [0.29, 0.717) is 33.7 Å². The lowest BCUT2D eigenvalue weighted by Gasteiger charge is -2.42. The number of nitrogens with zero attached hydrogens (tertiary/aromatic N) is 1. The van der Waals surface area contributed by atoms with Gasteiger partial charge in [-0.25, -0.2) is 0 Å². The molecule has 4 aliphatic rings. The van der Waals surface area contributed by atoms with E-state index in [2.05, 4.69) is 15.9 Å². The Bertz CT molecular complexity index is 1790. The number of Topliss-reactive ketones (excluding diaryl/α,β-unsaturated/α-hetero) is 1. The molecule has 1 fully saturated rings. The first-order valence-corrected chi connectivity index (χ1v) is 14.2. The van der Waals surface area contributed by atoms with Gasteiger partial charge in [-0.1, -0.05) is 53.6 Å². The molecule has 3 aromatic carbocycles. The van der Waals surface area contributed by atoms with Gasteiger partial charge < -0.3 is 5.11 Å². The molecule has 2 amide bonds. The highest BCUT2D eigenvalue weighted by atomic mass is 79.9. The van der Waals surface area contributed by atoms with E-state index < -0.39 is 23.7 Å². The predicted molar refractivity (Wildman–Crippen MR) is 154 cm³/mol. The zero-order chi connectivity index (χ0) is 27.9. The summed E-state index contributed by atoms with van der Waals surface area (Å²) >= 11 is 9.31. The van der Waals surface area contributed by atoms with Crippen molar-refractivity contribution >= 4 is 67.4 Å². The molecule has 0 radical (unpaired) electrons. The minimum atomic E-state index is -0.671. The molecule has 4 unspecified atom stereocenters. The first-order valence-electron chi connectivity index (χ1n) is 13.0. The zero-order valence-electron chi connectivity index (χ0n) is 20.9. The van der Waals surface area contributed by atoms with E-state index >= 15 is 0 Å². The molecule has 7 rings (SSSR count). The highest BCUT2D eigenvalue weighted by molar-refractivity contribution is 9.12. The van der Waals surface area contributed by atoms with Crippen LogP contribution in [0.1, 0.15) is 24.3 Å². The number of hydrogen-bond acceptors (Lipinski definition) is 5. The summed E-state index contributed by atoms with van der Waals surface area (Å²) in [5.41, 5.74) is 2.87. The molecule has 8 heteroatoms. The van der Waals surface area contributed by atoms with Gasteiger partial charge in [0, 0.05) is 33.5 Å². The summed E-state index contributed by atoms with van der Waals surface area (Å²) in [6.45, 7) is 0. The minimum absolute atomic E-state index is 0.113. The monoisotopic (exact) mass is 613 g/mol. The van der Waals surface area contributed by atoms with E-state index in [-0.39, 0.29) is 40.0 Å². The molecule has 3 aliphatic carbocycles. The average molecular weight is 615 g/mol. The molecule has 198 valence electrons. The number of amides is 2. The van der Waals surface area contributed by atoms with Crippen LogP contribution in [0.15, 0.2) is 94.0 Å². The summed E-state index contributed by atoms with van der Waals surface area (Å²) in [5.74, 6) is -3.29. The largest absolute Gasteiger partial charge is 0.507 e. The number of phenols is 1. The molecule has 0 saturated carbocycles. The van der Waals surface area contributed by atoms with E-state index in [4.69, 9.17) is 11.6 Å². The van der Waals surface area contributed by atoms with Gasteiger partial charge >= 0.3 is 0 Å². The highest BCUT2D eigenvalue weighted by Crippen LogP contribution is 2.56. The van der Waals surface area contributed by atoms with Crippen molar-refractivity contribution in [1.29, 1.82) is 0 Å². The van der Waals surface area contributed by atoms with Crippen LogP contribution in [0.5, 0.6) is 5.75 Å². The summed E-state index contributed by atoms with van der Waals surface area (Å²) in [6, 6.07) is 17.4. The van der Waals surface area contributed by atoms with Crippen molar-refractivity contribution in [3.63, 3.8) is 0 Å². The maximum Gasteiger partial charge on any atom is 0.238 e. The SMILES string of the molecule is O=C1C=C(Br)C(=O)C2=C1C(c1ccc(O)c3ccccc13)C1=CCC3C(=O)N(c4ccc(Cl)cc4)C(=O)C3C1C2. The first kappa shape index (κ1) is 25.2. The van der Waals surface area contributed by atoms with E-state index in [1.807, 2.05) is 30.3 Å². The van der Waals surface area contributed by atoms with Gasteiger partial charge in [0.1, 0.15) is 5.75 Å². The number of benzene rings is 3. The summed E-state index contributed by atoms with van der Waals surface area (Å²) < 4.78 is 0.182. The van der Waals surface area contributed by atoms with Crippen molar-refractivity contribution in [3.8, 4) is 5.75 Å². The summed E-state index contributed by atoms with van der Waals surface area (Å²) in [5, 5.41) is 12.5. The average Bonchev–Trinajstić information content (AvgIpc) is 3.21. The standard InChI is InChI=1S/C32H21BrClNO5/c33-24-14-26(37)29-23(30(24)38)13-22-20(27(29)19-11-12-25(36)18-4-2-1-3-17(18)19)9-10-21-28(22)32(40)35(31(21)39)16-7-5-15(34)6-8-16/h1-9,11-12,14,21-22,27-28,36H,10,13H2. The number of phenolic OH excluding ortho intramolecular Hbond substituents is 1. The molecule has 1 heterocycles. The quantitative estimate of drug-likeness (QED) is 0.212. The van der Waals surface area contributed by atoms with E-state index in [1.165, 1.54) is 11.0 Å². The smallest absolute Gasteiger partial charge is 0.238 e. The number of fused-ring (bicyclic) bond motifs is 4. The Balaban J connectivity index is 1.41. The molecule has 3 aromatic rings. The van der Waals surface area contributed by atoms with Gasteiger partial charge in [-0.15, -0.1) is 0 Å². The molecule has 6 nitrogen and oxygen atoms in total. The molecule has 0 bridgehead atoms. The van der Waals surface area contributed by atoms with Gasteiger partial charge in [0.05, 0.1) is 22.0 Å². The molecule has 40 heavy (non-hydrogen) atoms. The van der Waals surface area contributed by atoms with Crippen LogP contribution in [-0.2, 0) is 19.2 Å². The highest BCUT2D eigenvalue weighted by Gasteiger charge is 2.56. The summed E-state index contributed by atoms with van der Waals surface area (Å²) in [7, 11) is 0. The molecule has 1 aliphatic heterocycles. The Hall–Kier alpha value is -3.81. The summed E-state index contributed by atoms with van der Waals surface area (Å²) in [6.07, 6.45) is 3.84. The molecule has 1 N–H and O–H groups in total. The van der Waals surface area contributed by atoms with E-state index in [0.717, 1.165) is 16.5 Å².